The number of hydrogen-bond donors (Lipinski definition) is 0. The first-order valence-corrected chi connectivity index (χ1v) is 14.0. The van der Waals surface area contributed by atoms with Gasteiger partial charge < -0.3 is 0 Å². The van der Waals surface area contributed by atoms with E-state index in [2.05, 4.69) is 133 Å². The summed E-state index contributed by atoms with van der Waals surface area (Å²) in [6.45, 7) is 0. The summed E-state index contributed by atoms with van der Waals surface area (Å²) in [7, 11) is 0. The van der Waals surface area contributed by atoms with Crippen LogP contribution < -0.4 is 0 Å². The monoisotopic (exact) mass is 502 g/mol. The smallest absolute Gasteiger partial charge is 0.00139 e. The van der Waals surface area contributed by atoms with E-state index in [9.17, 15) is 0 Å². The molecule has 0 saturated heterocycles. The van der Waals surface area contributed by atoms with Crippen LogP contribution in [0.4, 0.5) is 0 Å². The molecule has 10 rings (SSSR count). The lowest BCUT2D eigenvalue weighted by Crippen LogP contribution is -1.92. The lowest BCUT2D eigenvalue weighted by molar-refractivity contribution is 1.73. The van der Waals surface area contributed by atoms with Crippen LogP contribution in [0.5, 0.6) is 0 Å². The molecule has 10 aromatic carbocycles. The molecule has 0 heterocycles. The van der Waals surface area contributed by atoms with Gasteiger partial charge in [-0.1, -0.05) is 133 Å². The van der Waals surface area contributed by atoms with E-state index in [1.54, 1.807) is 0 Å². The van der Waals surface area contributed by atoms with Crippen molar-refractivity contribution in [3.05, 3.63) is 133 Å². The molecule has 40 heavy (non-hydrogen) atoms. The van der Waals surface area contributed by atoms with Gasteiger partial charge in [-0.25, -0.2) is 0 Å². The molecule has 0 aliphatic heterocycles. The van der Waals surface area contributed by atoms with Crippen LogP contribution in [0.25, 0.3) is 97.3 Å². The van der Waals surface area contributed by atoms with Crippen molar-refractivity contribution >= 4 is 86.2 Å². The highest BCUT2D eigenvalue weighted by Gasteiger charge is 2.19. The Morgan fingerprint density at radius 2 is 0.600 bits per heavy atom. The van der Waals surface area contributed by atoms with Gasteiger partial charge in [0.2, 0.25) is 0 Å². The molecule has 0 unspecified atom stereocenters. The lowest BCUT2D eigenvalue weighted by atomic mass is 9.83. The maximum Gasteiger partial charge on any atom is -0.00139 e. The molecule has 0 bridgehead atoms. The van der Waals surface area contributed by atoms with Crippen molar-refractivity contribution in [3.63, 3.8) is 0 Å². The van der Waals surface area contributed by atoms with Gasteiger partial charge in [0.15, 0.2) is 0 Å². The first-order valence-electron chi connectivity index (χ1n) is 14.0. The summed E-state index contributed by atoms with van der Waals surface area (Å²) in [5.41, 5.74) is 2.61. The lowest BCUT2D eigenvalue weighted by Gasteiger charge is -2.20. The molecule has 0 spiro atoms. The largest absolute Gasteiger partial charge is 0.0610 e. The Morgan fingerprint density at radius 3 is 1.23 bits per heavy atom. The number of benzene rings is 10. The van der Waals surface area contributed by atoms with E-state index >= 15 is 0 Å². The summed E-state index contributed by atoms with van der Waals surface area (Å²) in [5, 5.41) is 21.4. The fraction of sp³-hybridized carbons (Fsp3) is 0. The molecule has 0 nitrogen and oxygen atoms in total. The van der Waals surface area contributed by atoms with Gasteiger partial charge in [0.1, 0.15) is 0 Å². The highest BCUT2D eigenvalue weighted by Crippen LogP contribution is 2.47. The Bertz CT molecular complexity index is 2580. The average molecular weight is 503 g/mol. The van der Waals surface area contributed by atoms with Crippen molar-refractivity contribution in [2.75, 3.05) is 0 Å². The number of hydrogen-bond acceptors (Lipinski definition) is 0. The van der Waals surface area contributed by atoms with Crippen LogP contribution in [0.15, 0.2) is 133 Å². The van der Waals surface area contributed by atoms with Gasteiger partial charge >= 0.3 is 0 Å². The molecule has 0 N–H and O–H groups in total. The minimum atomic E-state index is 1.30. The van der Waals surface area contributed by atoms with Crippen LogP contribution >= 0.6 is 0 Å². The van der Waals surface area contributed by atoms with E-state index in [1.165, 1.54) is 97.3 Å². The molecule has 0 aliphatic carbocycles. The standard InChI is InChI=1S/C40H22/c1-7-23-8-2-14-30-34-22-21-26(27-16-6-17-32(39(27)34)29(13-1)36(23)30)33-20-19-25-11-4-15-31-28-12-3-9-24-10-5-18-35(37(24)28)40(33)38(25)31/h1-22H. The second-order valence-electron chi connectivity index (χ2n) is 11.2. The van der Waals surface area contributed by atoms with E-state index in [1.807, 2.05) is 0 Å². The zero-order valence-electron chi connectivity index (χ0n) is 21.7. The van der Waals surface area contributed by atoms with Crippen LogP contribution in [0.3, 0.4) is 0 Å². The zero-order chi connectivity index (χ0) is 25.9. The van der Waals surface area contributed by atoms with E-state index in [0.717, 1.165) is 0 Å². The van der Waals surface area contributed by atoms with Crippen LogP contribution in [-0.2, 0) is 0 Å². The topological polar surface area (TPSA) is 0 Å². The van der Waals surface area contributed by atoms with Gasteiger partial charge in [-0.3, -0.25) is 0 Å². The van der Waals surface area contributed by atoms with E-state index in [-0.39, 0.29) is 0 Å². The van der Waals surface area contributed by atoms with E-state index < -0.39 is 0 Å². The van der Waals surface area contributed by atoms with Crippen molar-refractivity contribution in [1.82, 2.24) is 0 Å². The third-order valence-electron chi connectivity index (χ3n) is 9.33. The number of rotatable bonds is 1. The molecular weight excluding hydrogens is 480 g/mol. The summed E-state index contributed by atoms with van der Waals surface area (Å²) in [6.07, 6.45) is 0. The van der Waals surface area contributed by atoms with Crippen LogP contribution in [0, 0.1) is 0 Å². The Kier molecular flexibility index (Phi) is 3.76. The molecule has 10 aromatic rings. The van der Waals surface area contributed by atoms with Crippen molar-refractivity contribution in [2.24, 2.45) is 0 Å². The predicted molar refractivity (Wildman–Crippen MR) is 174 cm³/mol. The van der Waals surface area contributed by atoms with Crippen LogP contribution in [0.1, 0.15) is 0 Å². The van der Waals surface area contributed by atoms with Gasteiger partial charge in [-0.15, -0.1) is 0 Å². The molecule has 0 atom stereocenters. The van der Waals surface area contributed by atoms with E-state index in [4.69, 9.17) is 0 Å². The van der Waals surface area contributed by atoms with Gasteiger partial charge in [-0.2, -0.15) is 0 Å². The molecule has 0 radical (unpaired) electrons. The molecule has 0 aliphatic rings. The third kappa shape index (κ3) is 2.43. The van der Waals surface area contributed by atoms with Crippen molar-refractivity contribution in [2.45, 2.75) is 0 Å². The van der Waals surface area contributed by atoms with E-state index in [0.29, 0.717) is 0 Å². The maximum absolute atomic E-state index is 2.37. The quantitative estimate of drug-likeness (QED) is 0.155. The number of fused-ring (bicyclic) bond motifs is 4. The minimum absolute atomic E-state index is 1.30. The molecular formula is C40H22. The van der Waals surface area contributed by atoms with Crippen molar-refractivity contribution in [1.29, 1.82) is 0 Å². The maximum atomic E-state index is 2.37. The fourth-order valence-corrected chi connectivity index (χ4v) is 7.76. The van der Waals surface area contributed by atoms with Crippen molar-refractivity contribution < 1.29 is 0 Å². The molecule has 0 amide bonds. The normalized spacial score (nSPS) is 12.5. The second kappa shape index (κ2) is 7.25. The Morgan fingerprint density at radius 1 is 0.200 bits per heavy atom. The van der Waals surface area contributed by atoms with Crippen molar-refractivity contribution in [3.8, 4) is 11.1 Å². The van der Waals surface area contributed by atoms with Gasteiger partial charge in [0.05, 0.1) is 0 Å². The van der Waals surface area contributed by atoms with Gasteiger partial charge in [0, 0.05) is 0 Å². The first kappa shape index (κ1) is 20.7. The van der Waals surface area contributed by atoms with Gasteiger partial charge in [0.25, 0.3) is 0 Å². The molecule has 0 aromatic heterocycles. The van der Waals surface area contributed by atoms with Crippen LogP contribution in [0.2, 0.25) is 0 Å². The van der Waals surface area contributed by atoms with Gasteiger partial charge in [-0.05, 0) is 97.3 Å². The van der Waals surface area contributed by atoms with Crippen LogP contribution in [-0.4, -0.2) is 0 Å². The average Bonchev–Trinajstić information content (AvgIpc) is 3.02. The fourth-order valence-electron chi connectivity index (χ4n) is 7.76. The summed E-state index contributed by atoms with van der Waals surface area (Å²) in [4.78, 5) is 0. The predicted octanol–water partition coefficient (Wildman–Crippen LogP) is 11.5. The highest BCUT2D eigenvalue weighted by atomic mass is 14.2. The Balaban J connectivity index is 1.44. The Labute approximate surface area is 230 Å². The molecule has 0 saturated carbocycles. The molecule has 182 valence electrons. The third-order valence-corrected chi connectivity index (χ3v) is 9.33. The Hall–Kier alpha value is -5.20. The zero-order valence-corrected chi connectivity index (χ0v) is 21.7. The first-order chi connectivity index (χ1) is 19.9. The second-order valence-corrected chi connectivity index (χ2v) is 11.2. The highest BCUT2D eigenvalue weighted by molar-refractivity contribution is 6.38. The summed E-state index contributed by atoms with van der Waals surface area (Å²) >= 11 is 0. The SMILES string of the molecule is c1cc2cccc3c4ccc(-c5ccc6cccc7c8cccc9cccc(c5c67)c98)c5cccc(c(c1)c23)c54. The summed E-state index contributed by atoms with van der Waals surface area (Å²) < 4.78 is 0. The summed E-state index contributed by atoms with van der Waals surface area (Å²) in [5.74, 6) is 0. The summed E-state index contributed by atoms with van der Waals surface area (Å²) in [6, 6.07) is 50.0. The minimum Gasteiger partial charge on any atom is -0.0610 e. The molecule has 0 fully saturated rings. The molecule has 0 heteroatoms.